The molecular weight excluding hydrogens is 370 g/mol. The third-order valence-electron chi connectivity index (χ3n) is 5.09. The van der Waals surface area contributed by atoms with Crippen LogP contribution in [0, 0.1) is 6.92 Å². The van der Waals surface area contributed by atoms with Crippen LogP contribution in [0.1, 0.15) is 30.2 Å². The van der Waals surface area contributed by atoms with Crippen molar-refractivity contribution in [1.29, 1.82) is 0 Å². The number of methoxy groups -OCH3 is 1. The molecular formula is C21H23N5O3. The van der Waals surface area contributed by atoms with Gasteiger partial charge in [-0.3, -0.25) is 4.98 Å². The summed E-state index contributed by atoms with van der Waals surface area (Å²) in [5, 5.41) is 7.02. The van der Waals surface area contributed by atoms with Gasteiger partial charge in [-0.15, -0.1) is 0 Å². The number of hydrogen-bond acceptors (Lipinski definition) is 6. The van der Waals surface area contributed by atoms with Crippen LogP contribution in [0.3, 0.4) is 0 Å². The normalized spacial score (nSPS) is 14.6. The molecule has 8 nitrogen and oxygen atoms in total. The number of aromatic nitrogens is 3. The molecule has 3 heterocycles. The molecule has 2 aromatic heterocycles. The van der Waals surface area contributed by atoms with Gasteiger partial charge in [-0.2, -0.15) is 4.98 Å². The van der Waals surface area contributed by atoms with E-state index in [0.29, 0.717) is 36.2 Å². The van der Waals surface area contributed by atoms with Crippen LogP contribution in [-0.2, 0) is 0 Å². The van der Waals surface area contributed by atoms with E-state index >= 15 is 0 Å². The third-order valence-corrected chi connectivity index (χ3v) is 5.09. The first kappa shape index (κ1) is 18.9. The molecule has 0 spiro atoms. The number of aryl methyl sites for hydroxylation is 1. The van der Waals surface area contributed by atoms with Crippen LogP contribution in [0.25, 0.3) is 11.4 Å². The summed E-state index contributed by atoms with van der Waals surface area (Å²) in [6, 6.07) is 9.31. The number of carbonyl (C=O) groups excluding carboxylic acids is 1. The summed E-state index contributed by atoms with van der Waals surface area (Å²) >= 11 is 0. The maximum atomic E-state index is 12.7. The number of likely N-dealkylation sites (tertiary alicyclic amines) is 1. The molecule has 150 valence electrons. The van der Waals surface area contributed by atoms with Crippen molar-refractivity contribution in [3.05, 3.63) is 54.2 Å². The van der Waals surface area contributed by atoms with Crippen molar-refractivity contribution in [3.8, 4) is 17.1 Å². The molecule has 0 saturated carbocycles. The Morgan fingerprint density at radius 3 is 2.83 bits per heavy atom. The number of hydrogen-bond donors (Lipinski definition) is 1. The lowest BCUT2D eigenvalue weighted by molar-refractivity contribution is 0.187. The fourth-order valence-electron chi connectivity index (χ4n) is 3.46. The van der Waals surface area contributed by atoms with Gasteiger partial charge in [-0.1, -0.05) is 11.2 Å². The first-order valence-corrected chi connectivity index (χ1v) is 9.58. The fraction of sp³-hybridized carbons (Fsp3) is 0.333. The summed E-state index contributed by atoms with van der Waals surface area (Å²) in [6.07, 6.45) is 4.96. The molecule has 1 aliphatic rings. The molecule has 1 aliphatic heterocycles. The predicted molar refractivity (Wildman–Crippen MR) is 108 cm³/mol. The highest BCUT2D eigenvalue weighted by Gasteiger charge is 2.28. The van der Waals surface area contributed by atoms with Crippen molar-refractivity contribution in [3.63, 3.8) is 0 Å². The Morgan fingerprint density at radius 2 is 2.10 bits per heavy atom. The number of rotatable bonds is 4. The second-order valence-electron chi connectivity index (χ2n) is 7.09. The highest BCUT2D eigenvalue weighted by atomic mass is 16.5. The minimum absolute atomic E-state index is 0.131. The zero-order chi connectivity index (χ0) is 20.2. The molecule has 1 aromatic carbocycles. The van der Waals surface area contributed by atoms with Gasteiger partial charge in [-0.25, -0.2) is 4.79 Å². The SMILES string of the molecule is COc1ccc(C)cc1NC(=O)N1CCC(c2nc(-c3cccnc3)no2)CC1. The van der Waals surface area contributed by atoms with Crippen LogP contribution in [0.15, 0.2) is 47.2 Å². The van der Waals surface area contributed by atoms with Gasteiger partial charge in [0, 0.05) is 37.0 Å². The molecule has 0 radical (unpaired) electrons. The Labute approximate surface area is 168 Å². The van der Waals surface area contributed by atoms with Crippen LogP contribution < -0.4 is 10.1 Å². The average Bonchev–Trinajstić information content (AvgIpc) is 3.25. The summed E-state index contributed by atoms with van der Waals surface area (Å²) in [5.74, 6) is 1.95. The number of benzene rings is 1. The number of urea groups is 1. The molecule has 1 fully saturated rings. The van der Waals surface area contributed by atoms with E-state index in [1.54, 1.807) is 24.4 Å². The van der Waals surface area contributed by atoms with E-state index in [0.717, 1.165) is 24.0 Å². The highest BCUT2D eigenvalue weighted by Crippen LogP contribution is 2.30. The average molecular weight is 393 g/mol. The van der Waals surface area contributed by atoms with E-state index in [1.807, 2.05) is 37.3 Å². The van der Waals surface area contributed by atoms with Crippen LogP contribution in [0.2, 0.25) is 0 Å². The first-order valence-electron chi connectivity index (χ1n) is 9.58. The standard InChI is InChI=1S/C21H23N5O3/c1-14-5-6-18(28-2)17(12-14)23-21(27)26-10-7-15(8-11-26)20-24-19(25-29-20)16-4-3-9-22-13-16/h3-6,9,12-13,15H,7-8,10-11H2,1-2H3,(H,23,27). The largest absolute Gasteiger partial charge is 0.495 e. The lowest BCUT2D eigenvalue weighted by Gasteiger charge is -2.30. The van der Waals surface area contributed by atoms with Crippen LogP contribution >= 0.6 is 0 Å². The summed E-state index contributed by atoms with van der Waals surface area (Å²) < 4.78 is 10.8. The Hall–Kier alpha value is -3.42. The van der Waals surface area contributed by atoms with E-state index < -0.39 is 0 Å². The van der Waals surface area contributed by atoms with Gasteiger partial charge >= 0.3 is 6.03 Å². The quantitative estimate of drug-likeness (QED) is 0.723. The molecule has 2 amide bonds. The van der Waals surface area contributed by atoms with Crippen molar-refractivity contribution in [2.75, 3.05) is 25.5 Å². The number of amides is 2. The smallest absolute Gasteiger partial charge is 0.321 e. The van der Waals surface area contributed by atoms with Gasteiger partial charge in [0.2, 0.25) is 11.7 Å². The first-order chi connectivity index (χ1) is 14.1. The topological polar surface area (TPSA) is 93.4 Å². The van der Waals surface area contributed by atoms with Crippen molar-refractivity contribution in [1.82, 2.24) is 20.0 Å². The number of nitrogens with one attached hydrogen (secondary N) is 1. The van der Waals surface area contributed by atoms with E-state index in [4.69, 9.17) is 9.26 Å². The van der Waals surface area contributed by atoms with Crippen molar-refractivity contribution in [2.45, 2.75) is 25.7 Å². The lowest BCUT2D eigenvalue weighted by atomic mass is 9.97. The predicted octanol–water partition coefficient (Wildman–Crippen LogP) is 3.86. The van der Waals surface area contributed by atoms with Crippen LogP contribution in [0.5, 0.6) is 5.75 Å². The molecule has 29 heavy (non-hydrogen) atoms. The number of piperidine rings is 1. The lowest BCUT2D eigenvalue weighted by Crippen LogP contribution is -2.40. The van der Waals surface area contributed by atoms with Gasteiger partial charge in [0.25, 0.3) is 0 Å². The number of ether oxygens (including phenoxy) is 1. The number of nitrogens with zero attached hydrogens (tertiary/aromatic N) is 4. The number of pyridine rings is 1. The minimum atomic E-state index is -0.131. The van der Waals surface area contributed by atoms with E-state index in [1.165, 1.54) is 0 Å². The second-order valence-corrected chi connectivity index (χ2v) is 7.09. The number of anilines is 1. The van der Waals surface area contributed by atoms with E-state index in [2.05, 4.69) is 20.4 Å². The van der Waals surface area contributed by atoms with Crippen molar-refractivity contribution in [2.24, 2.45) is 0 Å². The molecule has 8 heteroatoms. The molecule has 4 rings (SSSR count). The van der Waals surface area contributed by atoms with Gasteiger partial charge in [0.1, 0.15) is 5.75 Å². The summed E-state index contributed by atoms with van der Waals surface area (Å²) in [4.78, 5) is 23.1. The molecule has 0 unspecified atom stereocenters. The number of carbonyl (C=O) groups is 1. The molecule has 3 aromatic rings. The Balaban J connectivity index is 1.37. The minimum Gasteiger partial charge on any atom is -0.495 e. The zero-order valence-electron chi connectivity index (χ0n) is 16.5. The fourth-order valence-corrected chi connectivity index (χ4v) is 3.46. The molecule has 1 saturated heterocycles. The van der Waals surface area contributed by atoms with E-state index in [-0.39, 0.29) is 11.9 Å². The van der Waals surface area contributed by atoms with Crippen molar-refractivity contribution >= 4 is 11.7 Å². The highest BCUT2D eigenvalue weighted by molar-refractivity contribution is 5.91. The van der Waals surface area contributed by atoms with Crippen LogP contribution in [0.4, 0.5) is 10.5 Å². The van der Waals surface area contributed by atoms with Crippen molar-refractivity contribution < 1.29 is 14.1 Å². The Morgan fingerprint density at radius 1 is 1.28 bits per heavy atom. The van der Waals surface area contributed by atoms with Crippen LogP contribution in [-0.4, -0.2) is 46.3 Å². The zero-order valence-corrected chi connectivity index (χ0v) is 16.5. The van der Waals surface area contributed by atoms with E-state index in [9.17, 15) is 4.79 Å². The molecule has 0 bridgehead atoms. The Bertz CT molecular complexity index is 981. The molecule has 1 N–H and O–H groups in total. The van der Waals surface area contributed by atoms with Gasteiger partial charge in [0.15, 0.2) is 0 Å². The maximum absolute atomic E-state index is 12.7. The molecule has 0 aliphatic carbocycles. The second kappa shape index (κ2) is 8.30. The monoisotopic (exact) mass is 393 g/mol. The summed E-state index contributed by atoms with van der Waals surface area (Å²) in [6.45, 7) is 3.22. The summed E-state index contributed by atoms with van der Waals surface area (Å²) in [5.41, 5.74) is 2.56. The Kier molecular flexibility index (Phi) is 5.41. The van der Waals surface area contributed by atoms with Gasteiger partial charge < -0.3 is 19.5 Å². The van der Waals surface area contributed by atoms with Gasteiger partial charge in [-0.05, 0) is 49.6 Å². The molecule has 0 atom stereocenters. The van der Waals surface area contributed by atoms with Gasteiger partial charge in [0.05, 0.1) is 12.8 Å². The third kappa shape index (κ3) is 4.21. The summed E-state index contributed by atoms with van der Waals surface area (Å²) in [7, 11) is 1.59. The maximum Gasteiger partial charge on any atom is 0.321 e.